The fourth-order valence-corrected chi connectivity index (χ4v) is 4.25. The van der Waals surface area contributed by atoms with E-state index in [1.54, 1.807) is 11.3 Å². The summed E-state index contributed by atoms with van der Waals surface area (Å²) in [5.74, 6) is 0.709. The predicted molar refractivity (Wildman–Crippen MR) is 117 cm³/mol. The first-order chi connectivity index (χ1) is 11.7. The Kier molecular flexibility index (Phi) is 8.71. The van der Waals surface area contributed by atoms with Gasteiger partial charge in [0.15, 0.2) is 11.1 Å². The Morgan fingerprint density at radius 2 is 2.08 bits per heavy atom. The first-order valence-electron chi connectivity index (χ1n) is 9.17. The average Bonchev–Trinajstić information content (AvgIpc) is 3.15. The van der Waals surface area contributed by atoms with Crippen molar-refractivity contribution in [3.05, 3.63) is 11.6 Å². The van der Waals surface area contributed by atoms with Gasteiger partial charge in [0, 0.05) is 56.9 Å². The molecule has 2 aliphatic heterocycles. The minimum Gasteiger partial charge on any atom is -0.370 e. The number of aliphatic imine (C=N–C) groups is 1. The van der Waals surface area contributed by atoms with E-state index in [0.717, 1.165) is 56.9 Å². The van der Waals surface area contributed by atoms with Gasteiger partial charge in [-0.25, -0.2) is 4.98 Å². The molecular formula is C17H31IN6S. The summed E-state index contributed by atoms with van der Waals surface area (Å²) in [5.41, 5.74) is 6.19. The normalized spacial score (nSPS) is 22.8. The molecule has 0 bridgehead atoms. The summed E-state index contributed by atoms with van der Waals surface area (Å²) in [6.07, 6.45) is 7.04. The van der Waals surface area contributed by atoms with Gasteiger partial charge in [0.2, 0.25) is 0 Å². The summed E-state index contributed by atoms with van der Waals surface area (Å²) >= 11 is 1.70. The van der Waals surface area contributed by atoms with Crippen molar-refractivity contribution in [3.63, 3.8) is 0 Å². The van der Waals surface area contributed by atoms with Crippen molar-refractivity contribution in [1.82, 2.24) is 14.8 Å². The van der Waals surface area contributed by atoms with Gasteiger partial charge in [-0.15, -0.1) is 35.3 Å². The molecule has 1 unspecified atom stereocenters. The van der Waals surface area contributed by atoms with Gasteiger partial charge in [-0.1, -0.05) is 6.42 Å². The highest BCUT2D eigenvalue weighted by Crippen LogP contribution is 2.19. The summed E-state index contributed by atoms with van der Waals surface area (Å²) in [7, 11) is 0. The standard InChI is InChI=1S/C17H30N6S.HI/c1-15-5-2-3-8-21(15)9-4-6-19-16(18)22-10-12-23(13-11-22)17-20-7-14-24-17;/h7,14-15H,2-6,8-13H2,1H3,(H2,18,19);1H. The average molecular weight is 478 g/mol. The Labute approximate surface area is 172 Å². The Balaban J connectivity index is 0.00000225. The molecule has 0 aliphatic carbocycles. The van der Waals surface area contributed by atoms with Crippen LogP contribution in [0.4, 0.5) is 5.13 Å². The van der Waals surface area contributed by atoms with E-state index in [4.69, 9.17) is 5.73 Å². The first-order valence-corrected chi connectivity index (χ1v) is 10.1. The van der Waals surface area contributed by atoms with Crippen LogP contribution in [-0.2, 0) is 0 Å². The third-order valence-electron chi connectivity index (χ3n) is 5.11. The van der Waals surface area contributed by atoms with Crippen LogP contribution < -0.4 is 10.6 Å². The molecule has 1 atom stereocenters. The molecule has 2 N–H and O–H groups in total. The number of guanidine groups is 1. The van der Waals surface area contributed by atoms with Crippen molar-refractivity contribution in [2.24, 2.45) is 10.7 Å². The molecule has 0 radical (unpaired) electrons. The summed E-state index contributed by atoms with van der Waals surface area (Å²) in [4.78, 5) is 16.1. The third kappa shape index (κ3) is 5.96. The number of aromatic nitrogens is 1. The van der Waals surface area contributed by atoms with Crippen LogP contribution in [0.25, 0.3) is 0 Å². The Bertz CT molecular complexity index is 515. The van der Waals surface area contributed by atoms with E-state index in [1.807, 2.05) is 11.6 Å². The van der Waals surface area contributed by atoms with Crippen LogP contribution in [0.1, 0.15) is 32.6 Å². The van der Waals surface area contributed by atoms with Crippen LogP contribution in [0.2, 0.25) is 0 Å². The first kappa shape index (κ1) is 20.7. The minimum absolute atomic E-state index is 0. The number of anilines is 1. The minimum atomic E-state index is 0. The maximum atomic E-state index is 6.19. The molecule has 6 nitrogen and oxygen atoms in total. The lowest BCUT2D eigenvalue weighted by atomic mass is 10.0. The molecule has 2 aliphatic rings. The van der Waals surface area contributed by atoms with Gasteiger partial charge in [0.05, 0.1) is 0 Å². The van der Waals surface area contributed by atoms with E-state index in [0.29, 0.717) is 5.96 Å². The van der Waals surface area contributed by atoms with Crippen LogP contribution in [0.15, 0.2) is 16.6 Å². The SMILES string of the molecule is CC1CCCCN1CCCN=C(N)N1CCN(c2nccs2)CC1.I. The topological polar surface area (TPSA) is 61.0 Å². The second-order valence-electron chi connectivity index (χ2n) is 6.76. The Morgan fingerprint density at radius 3 is 2.76 bits per heavy atom. The molecule has 0 amide bonds. The zero-order chi connectivity index (χ0) is 16.8. The predicted octanol–water partition coefficient (Wildman–Crippen LogP) is 2.46. The quantitative estimate of drug-likeness (QED) is 0.305. The number of piperazine rings is 1. The van der Waals surface area contributed by atoms with Gasteiger partial charge in [-0.05, 0) is 32.7 Å². The smallest absolute Gasteiger partial charge is 0.191 e. The number of rotatable bonds is 5. The summed E-state index contributed by atoms with van der Waals surface area (Å²) in [5, 5.41) is 3.14. The van der Waals surface area contributed by atoms with Gasteiger partial charge in [0.25, 0.3) is 0 Å². The van der Waals surface area contributed by atoms with Crippen molar-refractivity contribution in [1.29, 1.82) is 0 Å². The molecule has 1 aromatic heterocycles. The monoisotopic (exact) mass is 478 g/mol. The van der Waals surface area contributed by atoms with Gasteiger partial charge in [-0.3, -0.25) is 4.99 Å². The van der Waals surface area contributed by atoms with Crippen molar-refractivity contribution in [3.8, 4) is 0 Å². The fourth-order valence-electron chi connectivity index (χ4n) is 3.56. The molecule has 0 spiro atoms. The zero-order valence-corrected chi connectivity index (χ0v) is 18.3. The van der Waals surface area contributed by atoms with E-state index in [1.165, 1.54) is 25.8 Å². The van der Waals surface area contributed by atoms with Gasteiger partial charge in [0.1, 0.15) is 0 Å². The van der Waals surface area contributed by atoms with Gasteiger partial charge < -0.3 is 20.4 Å². The van der Waals surface area contributed by atoms with Crippen LogP contribution in [0.5, 0.6) is 0 Å². The number of nitrogens with zero attached hydrogens (tertiary/aromatic N) is 5. The summed E-state index contributed by atoms with van der Waals surface area (Å²) in [6.45, 7) is 9.37. The zero-order valence-electron chi connectivity index (χ0n) is 15.1. The number of nitrogens with two attached hydrogens (primary N) is 1. The highest BCUT2D eigenvalue weighted by Gasteiger charge is 2.20. The van der Waals surface area contributed by atoms with Crippen molar-refractivity contribution in [2.45, 2.75) is 38.6 Å². The lowest BCUT2D eigenvalue weighted by Crippen LogP contribution is -2.51. The van der Waals surface area contributed by atoms with E-state index >= 15 is 0 Å². The lowest BCUT2D eigenvalue weighted by molar-refractivity contribution is 0.160. The van der Waals surface area contributed by atoms with E-state index < -0.39 is 0 Å². The molecule has 0 saturated carbocycles. The number of halogens is 1. The molecule has 2 saturated heterocycles. The van der Waals surface area contributed by atoms with Gasteiger partial charge in [-0.2, -0.15) is 0 Å². The Morgan fingerprint density at radius 1 is 1.28 bits per heavy atom. The molecule has 2 fully saturated rings. The maximum Gasteiger partial charge on any atom is 0.191 e. The van der Waals surface area contributed by atoms with Crippen LogP contribution in [-0.4, -0.2) is 72.6 Å². The molecule has 142 valence electrons. The number of thiazole rings is 1. The highest BCUT2D eigenvalue weighted by molar-refractivity contribution is 14.0. The molecule has 3 rings (SSSR count). The second-order valence-corrected chi connectivity index (χ2v) is 7.64. The van der Waals surface area contributed by atoms with Crippen LogP contribution in [0, 0.1) is 0 Å². The number of piperidine rings is 1. The van der Waals surface area contributed by atoms with Crippen molar-refractivity contribution >= 4 is 46.4 Å². The summed E-state index contributed by atoms with van der Waals surface area (Å²) in [6, 6.07) is 0.735. The van der Waals surface area contributed by atoms with Crippen LogP contribution in [0.3, 0.4) is 0 Å². The maximum absolute atomic E-state index is 6.19. The molecule has 1 aromatic rings. The Hall–Kier alpha value is -0.610. The van der Waals surface area contributed by atoms with E-state index in [-0.39, 0.29) is 24.0 Å². The fraction of sp³-hybridized carbons (Fsp3) is 0.765. The highest BCUT2D eigenvalue weighted by atomic mass is 127. The van der Waals surface area contributed by atoms with Crippen molar-refractivity contribution < 1.29 is 0 Å². The number of hydrogen-bond acceptors (Lipinski definition) is 5. The third-order valence-corrected chi connectivity index (χ3v) is 5.94. The number of hydrogen-bond donors (Lipinski definition) is 1. The van der Waals surface area contributed by atoms with Crippen LogP contribution >= 0.6 is 35.3 Å². The van der Waals surface area contributed by atoms with E-state index in [9.17, 15) is 0 Å². The molecule has 8 heteroatoms. The molecule has 0 aromatic carbocycles. The molecular weight excluding hydrogens is 447 g/mol. The molecule has 3 heterocycles. The molecule has 25 heavy (non-hydrogen) atoms. The lowest BCUT2D eigenvalue weighted by Gasteiger charge is -2.35. The van der Waals surface area contributed by atoms with E-state index in [2.05, 4.69) is 31.6 Å². The second kappa shape index (κ2) is 10.5. The van der Waals surface area contributed by atoms with Gasteiger partial charge >= 0.3 is 0 Å². The largest absolute Gasteiger partial charge is 0.370 e. The number of likely N-dealkylation sites (tertiary alicyclic amines) is 1. The van der Waals surface area contributed by atoms with Crippen molar-refractivity contribution in [2.75, 3.05) is 50.7 Å². The summed E-state index contributed by atoms with van der Waals surface area (Å²) < 4.78 is 0.